The number of hydrogen-bond acceptors (Lipinski definition) is 5. The summed E-state index contributed by atoms with van der Waals surface area (Å²) in [6.07, 6.45) is 5.61. The molecular weight excluding hydrogens is 218 g/mol. The Morgan fingerprint density at radius 3 is 2.40 bits per heavy atom. The van der Waals surface area contributed by atoms with Gasteiger partial charge >= 0.3 is 7.12 Å². The molecule has 2 aromatic rings. The van der Waals surface area contributed by atoms with Gasteiger partial charge in [-0.15, -0.1) is 0 Å². The van der Waals surface area contributed by atoms with Crippen LogP contribution in [-0.4, -0.2) is 36.9 Å². The molecule has 0 fully saturated rings. The van der Waals surface area contributed by atoms with Crippen molar-refractivity contribution < 1.29 is 10.0 Å². The molecule has 0 amide bonds. The molecule has 8 heteroatoms. The first kappa shape index (κ1) is 10.1. The van der Waals surface area contributed by atoms with Crippen LogP contribution in [0.4, 0.5) is 0 Å². The maximum absolute atomic E-state index is 8.87. The predicted molar refractivity (Wildman–Crippen MR) is 54.0 cm³/mol. The fourth-order valence-corrected chi connectivity index (χ4v) is 1.10. The summed E-state index contributed by atoms with van der Waals surface area (Å²) in [5, 5.41) is 22.0. The normalized spacial score (nSPS) is 10.3. The van der Waals surface area contributed by atoms with Crippen molar-refractivity contribution in [1.29, 1.82) is 0 Å². The highest BCUT2D eigenvalue weighted by Crippen LogP contribution is 2.04. The molecule has 15 heavy (non-hydrogen) atoms. The highest BCUT2D eigenvalue weighted by atomic mass is 35.5. The van der Waals surface area contributed by atoms with Crippen molar-refractivity contribution in [3.63, 3.8) is 0 Å². The van der Waals surface area contributed by atoms with Crippen LogP contribution in [-0.2, 0) is 0 Å². The van der Waals surface area contributed by atoms with Crippen molar-refractivity contribution in [2.75, 3.05) is 0 Å². The molecule has 0 bridgehead atoms. The fourth-order valence-electron chi connectivity index (χ4n) is 1.00. The van der Waals surface area contributed by atoms with Gasteiger partial charge in [-0.25, -0.2) is 14.6 Å². The Labute approximate surface area is 90.3 Å². The van der Waals surface area contributed by atoms with Crippen molar-refractivity contribution in [2.24, 2.45) is 0 Å². The summed E-state index contributed by atoms with van der Waals surface area (Å²) >= 11 is 5.62. The zero-order valence-electron chi connectivity index (χ0n) is 7.45. The average Bonchev–Trinajstić information content (AvgIpc) is 2.68. The van der Waals surface area contributed by atoms with Gasteiger partial charge < -0.3 is 10.0 Å². The van der Waals surface area contributed by atoms with Crippen LogP contribution in [0.25, 0.3) is 5.95 Å². The lowest BCUT2D eigenvalue weighted by molar-refractivity contribution is 0.426. The average molecular weight is 224 g/mol. The Balaban J connectivity index is 2.33. The van der Waals surface area contributed by atoms with E-state index >= 15 is 0 Å². The summed E-state index contributed by atoms with van der Waals surface area (Å²) in [6.45, 7) is 0. The first-order chi connectivity index (χ1) is 7.16. The molecule has 2 rings (SSSR count). The number of halogens is 1. The first-order valence-electron chi connectivity index (χ1n) is 4.05. The van der Waals surface area contributed by atoms with Gasteiger partial charge in [-0.05, 0) is 0 Å². The number of rotatable bonds is 2. The molecule has 0 spiro atoms. The largest absolute Gasteiger partial charge is 0.491 e. The maximum Gasteiger partial charge on any atom is 0.491 e. The van der Waals surface area contributed by atoms with Crippen LogP contribution in [0.3, 0.4) is 0 Å². The molecule has 0 aliphatic carbocycles. The van der Waals surface area contributed by atoms with Crippen molar-refractivity contribution in [3.8, 4) is 5.95 Å². The van der Waals surface area contributed by atoms with Gasteiger partial charge in [0, 0.05) is 17.9 Å². The van der Waals surface area contributed by atoms with Gasteiger partial charge in [-0.1, -0.05) is 11.6 Å². The van der Waals surface area contributed by atoms with Crippen LogP contribution in [0.1, 0.15) is 0 Å². The third-order valence-electron chi connectivity index (χ3n) is 1.71. The minimum absolute atomic E-state index is 0.272. The van der Waals surface area contributed by atoms with Gasteiger partial charge in [0.2, 0.25) is 0 Å². The van der Waals surface area contributed by atoms with Gasteiger partial charge in [-0.2, -0.15) is 5.10 Å². The van der Waals surface area contributed by atoms with Crippen molar-refractivity contribution >= 4 is 24.2 Å². The smallest absolute Gasteiger partial charge is 0.423 e. The van der Waals surface area contributed by atoms with Gasteiger partial charge in [0.25, 0.3) is 5.95 Å². The Hall–Kier alpha value is -1.44. The third kappa shape index (κ3) is 2.15. The van der Waals surface area contributed by atoms with Crippen LogP contribution in [0, 0.1) is 0 Å². The minimum Gasteiger partial charge on any atom is -0.423 e. The minimum atomic E-state index is -1.55. The van der Waals surface area contributed by atoms with E-state index in [1.807, 2.05) is 0 Å². The van der Waals surface area contributed by atoms with Crippen LogP contribution in [0.5, 0.6) is 0 Å². The lowest BCUT2D eigenvalue weighted by atomic mass is 9.83. The molecule has 0 saturated carbocycles. The van der Waals surface area contributed by atoms with Gasteiger partial charge in [0.15, 0.2) is 0 Å². The molecule has 0 unspecified atom stereocenters. The molecule has 0 saturated heterocycles. The summed E-state index contributed by atoms with van der Waals surface area (Å²) in [6, 6.07) is 0. The predicted octanol–water partition coefficient (Wildman–Crippen LogP) is -1.00. The van der Waals surface area contributed by atoms with Crippen LogP contribution in [0.2, 0.25) is 5.02 Å². The monoisotopic (exact) mass is 224 g/mol. The van der Waals surface area contributed by atoms with E-state index in [9.17, 15) is 0 Å². The second kappa shape index (κ2) is 3.97. The highest BCUT2D eigenvalue weighted by molar-refractivity contribution is 6.58. The van der Waals surface area contributed by atoms with Gasteiger partial charge in [-0.3, -0.25) is 0 Å². The van der Waals surface area contributed by atoms with Crippen molar-refractivity contribution in [1.82, 2.24) is 19.7 Å². The van der Waals surface area contributed by atoms with E-state index in [-0.39, 0.29) is 5.46 Å². The molecule has 0 aliphatic heterocycles. The summed E-state index contributed by atoms with van der Waals surface area (Å²) in [5.41, 5.74) is 0.272. The van der Waals surface area contributed by atoms with Crippen molar-refractivity contribution in [3.05, 3.63) is 29.8 Å². The van der Waals surface area contributed by atoms with E-state index in [2.05, 4.69) is 15.1 Å². The molecular formula is C7H6BClN4O2. The molecule has 0 aliphatic rings. The Morgan fingerprint density at radius 2 is 1.87 bits per heavy atom. The lowest BCUT2D eigenvalue weighted by Crippen LogP contribution is -2.28. The summed E-state index contributed by atoms with van der Waals surface area (Å²) in [5.74, 6) is 0.311. The number of hydrogen-bond donors (Lipinski definition) is 2. The molecule has 0 atom stereocenters. The van der Waals surface area contributed by atoms with E-state index in [1.54, 1.807) is 0 Å². The molecule has 2 N–H and O–H groups in total. The second-order valence-corrected chi connectivity index (χ2v) is 3.23. The third-order valence-corrected chi connectivity index (χ3v) is 1.91. The van der Waals surface area contributed by atoms with Gasteiger partial charge in [0.1, 0.15) is 0 Å². The van der Waals surface area contributed by atoms with Crippen LogP contribution < -0.4 is 5.46 Å². The molecule has 6 nitrogen and oxygen atoms in total. The molecule has 76 valence electrons. The number of aromatic nitrogens is 4. The maximum atomic E-state index is 8.87. The first-order valence-corrected chi connectivity index (χ1v) is 4.43. The molecule has 2 heterocycles. The number of nitrogens with zero attached hydrogens (tertiary/aromatic N) is 4. The van der Waals surface area contributed by atoms with Crippen LogP contribution in [0.15, 0.2) is 24.8 Å². The summed E-state index contributed by atoms with van der Waals surface area (Å²) in [4.78, 5) is 7.83. The highest BCUT2D eigenvalue weighted by Gasteiger charge is 2.14. The Kier molecular flexibility index (Phi) is 2.67. The van der Waals surface area contributed by atoms with Crippen molar-refractivity contribution in [2.45, 2.75) is 0 Å². The summed E-state index contributed by atoms with van der Waals surface area (Å²) < 4.78 is 1.32. The van der Waals surface area contributed by atoms with E-state index in [0.29, 0.717) is 11.0 Å². The molecule has 0 aromatic carbocycles. The van der Waals surface area contributed by atoms with Crippen LogP contribution >= 0.6 is 11.6 Å². The van der Waals surface area contributed by atoms with Gasteiger partial charge in [0.05, 0.1) is 17.4 Å². The zero-order chi connectivity index (χ0) is 10.8. The SMILES string of the molecule is OB(O)c1cnn(-c2ncc(Cl)cn2)c1. The second-order valence-electron chi connectivity index (χ2n) is 2.79. The fraction of sp³-hybridized carbons (Fsp3) is 0. The topological polar surface area (TPSA) is 84.1 Å². The van der Waals surface area contributed by atoms with E-state index in [0.717, 1.165) is 0 Å². The van der Waals surface area contributed by atoms with E-state index in [4.69, 9.17) is 21.6 Å². The Morgan fingerprint density at radius 1 is 1.20 bits per heavy atom. The molecule has 0 radical (unpaired) electrons. The quantitative estimate of drug-likeness (QED) is 0.639. The molecule has 2 aromatic heterocycles. The summed E-state index contributed by atoms with van der Waals surface area (Å²) in [7, 11) is -1.55. The standard InChI is InChI=1S/C7H6BClN4O2/c9-6-2-10-7(11-3-6)13-4-5(1-12-13)8(14)15/h1-4,14-15H. The van der Waals surface area contributed by atoms with E-state index < -0.39 is 7.12 Å². The van der Waals surface area contributed by atoms with E-state index in [1.165, 1.54) is 29.5 Å². The lowest BCUT2D eigenvalue weighted by Gasteiger charge is -1.97. The Bertz CT molecular complexity index is 458. The zero-order valence-corrected chi connectivity index (χ0v) is 8.20.